The summed E-state index contributed by atoms with van der Waals surface area (Å²) >= 11 is 0. The van der Waals surface area contributed by atoms with Crippen LogP contribution in [0.25, 0.3) is 0 Å². The molecular formula is C13H21N5O3. The van der Waals surface area contributed by atoms with Crippen molar-refractivity contribution in [2.45, 2.75) is 26.2 Å². The molecule has 1 saturated heterocycles. The first kappa shape index (κ1) is 15.4. The molecule has 116 valence electrons. The lowest BCUT2D eigenvalue weighted by Crippen LogP contribution is -2.23. The summed E-state index contributed by atoms with van der Waals surface area (Å²) in [6.07, 6.45) is 4.14. The Morgan fingerprint density at radius 1 is 1.33 bits per heavy atom. The number of rotatable bonds is 7. The maximum Gasteiger partial charge on any atom is 0.353 e. The highest BCUT2D eigenvalue weighted by Crippen LogP contribution is 2.29. The van der Waals surface area contributed by atoms with Gasteiger partial charge >= 0.3 is 5.69 Å². The van der Waals surface area contributed by atoms with Crippen LogP contribution >= 0.6 is 0 Å². The van der Waals surface area contributed by atoms with E-state index in [1.54, 1.807) is 0 Å². The van der Waals surface area contributed by atoms with Crippen LogP contribution in [0.1, 0.15) is 26.2 Å². The minimum Gasteiger partial charge on any atom is -0.381 e. The molecule has 0 atom stereocenters. The number of aromatic nitrogens is 2. The van der Waals surface area contributed by atoms with Gasteiger partial charge in [-0.2, -0.15) is 0 Å². The summed E-state index contributed by atoms with van der Waals surface area (Å²) in [6.45, 7) is 4.79. The molecule has 0 radical (unpaired) electrons. The lowest BCUT2D eigenvalue weighted by atomic mass is 10.0. The molecule has 1 aliphatic heterocycles. The summed E-state index contributed by atoms with van der Waals surface area (Å²) in [6, 6.07) is 0. The van der Waals surface area contributed by atoms with Gasteiger partial charge in [0.1, 0.15) is 6.33 Å². The highest BCUT2D eigenvalue weighted by Gasteiger charge is 2.23. The molecule has 2 N–H and O–H groups in total. The lowest BCUT2D eigenvalue weighted by Gasteiger charge is -2.22. The fourth-order valence-electron chi connectivity index (χ4n) is 2.25. The second-order valence-corrected chi connectivity index (χ2v) is 5.04. The molecule has 2 rings (SSSR count). The molecule has 0 spiro atoms. The fraction of sp³-hybridized carbons (Fsp3) is 0.692. The zero-order valence-electron chi connectivity index (χ0n) is 12.2. The van der Waals surface area contributed by atoms with Gasteiger partial charge in [-0.05, 0) is 25.2 Å². The number of nitrogens with one attached hydrogen (secondary N) is 2. The van der Waals surface area contributed by atoms with Gasteiger partial charge in [-0.25, -0.2) is 9.97 Å². The average Bonchev–Trinajstić information content (AvgIpc) is 2.51. The highest BCUT2D eigenvalue weighted by atomic mass is 16.6. The van der Waals surface area contributed by atoms with Crippen LogP contribution < -0.4 is 10.6 Å². The summed E-state index contributed by atoms with van der Waals surface area (Å²) in [7, 11) is 0. The van der Waals surface area contributed by atoms with Crippen LogP contribution in [0.4, 0.5) is 17.3 Å². The molecule has 2 heterocycles. The molecule has 1 aromatic rings. The van der Waals surface area contributed by atoms with Crippen LogP contribution in [0.2, 0.25) is 0 Å². The third-order valence-corrected chi connectivity index (χ3v) is 3.45. The first-order chi connectivity index (χ1) is 10.2. The standard InChI is InChI=1S/C13H21N5O3/c1-2-5-14-12-11(18(19)20)13(17-9-16-12)15-8-10-3-6-21-7-4-10/h9-10H,2-8H2,1H3,(H2,14,15,16,17). The Morgan fingerprint density at radius 3 is 2.62 bits per heavy atom. The molecule has 0 aliphatic carbocycles. The molecule has 8 nitrogen and oxygen atoms in total. The molecule has 0 unspecified atom stereocenters. The van der Waals surface area contributed by atoms with Crippen molar-refractivity contribution in [3.63, 3.8) is 0 Å². The molecule has 0 saturated carbocycles. The van der Waals surface area contributed by atoms with E-state index in [2.05, 4.69) is 20.6 Å². The summed E-state index contributed by atoms with van der Waals surface area (Å²) < 4.78 is 5.31. The minimum atomic E-state index is -0.440. The molecule has 0 bridgehead atoms. The van der Waals surface area contributed by atoms with Crippen molar-refractivity contribution < 1.29 is 9.66 Å². The number of hydrogen-bond donors (Lipinski definition) is 2. The zero-order chi connectivity index (χ0) is 15.1. The average molecular weight is 295 g/mol. The van der Waals surface area contributed by atoms with E-state index in [0.717, 1.165) is 32.5 Å². The van der Waals surface area contributed by atoms with Crippen LogP contribution in [0.3, 0.4) is 0 Å². The largest absolute Gasteiger partial charge is 0.381 e. The summed E-state index contributed by atoms with van der Waals surface area (Å²) in [5, 5.41) is 17.3. The van der Waals surface area contributed by atoms with E-state index in [9.17, 15) is 10.1 Å². The second kappa shape index (κ2) is 7.72. The number of nitrogens with zero attached hydrogens (tertiary/aromatic N) is 3. The molecule has 21 heavy (non-hydrogen) atoms. The van der Waals surface area contributed by atoms with Gasteiger partial charge in [-0.1, -0.05) is 6.92 Å². The Labute approximate surface area is 123 Å². The van der Waals surface area contributed by atoms with Crippen molar-refractivity contribution in [2.24, 2.45) is 5.92 Å². The summed E-state index contributed by atoms with van der Waals surface area (Å²) in [4.78, 5) is 18.8. The highest BCUT2D eigenvalue weighted by molar-refractivity contribution is 5.69. The molecule has 0 amide bonds. The van der Waals surface area contributed by atoms with Gasteiger partial charge in [-0.3, -0.25) is 10.1 Å². The first-order valence-corrected chi connectivity index (χ1v) is 7.27. The number of anilines is 2. The lowest BCUT2D eigenvalue weighted by molar-refractivity contribution is -0.383. The van der Waals surface area contributed by atoms with Crippen molar-refractivity contribution in [3.05, 3.63) is 16.4 Å². The van der Waals surface area contributed by atoms with E-state index in [0.29, 0.717) is 19.0 Å². The predicted molar refractivity (Wildman–Crippen MR) is 79.5 cm³/mol. The third-order valence-electron chi connectivity index (χ3n) is 3.45. The minimum absolute atomic E-state index is 0.0852. The van der Waals surface area contributed by atoms with Crippen LogP contribution in [-0.4, -0.2) is 41.2 Å². The van der Waals surface area contributed by atoms with Gasteiger partial charge in [0, 0.05) is 26.3 Å². The summed E-state index contributed by atoms with van der Waals surface area (Å²) in [5.41, 5.74) is -0.0852. The van der Waals surface area contributed by atoms with Gasteiger partial charge in [0.25, 0.3) is 0 Å². The Hall–Kier alpha value is -1.96. The van der Waals surface area contributed by atoms with E-state index in [1.807, 2.05) is 6.92 Å². The summed E-state index contributed by atoms with van der Waals surface area (Å²) in [5.74, 6) is 1.01. The van der Waals surface area contributed by atoms with Gasteiger partial charge in [0.05, 0.1) is 4.92 Å². The van der Waals surface area contributed by atoms with Crippen molar-refractivity contribution in [1.29, 1.82) is 0 Å². The van der Waals surface area contributed by atoms with Crippen molar-refractivity contribution in [2.75, 3.05) is 36.9 Å². The van der Waals surface area contributed by atoms with E-state index < -0.39 is 4.92 Å². The Morgan fingerprint density at radius 2 is 2.00 bits per heavy atom. The third kappa shape index (κ3) is 4.25. The first-order valence-electron chi connectivity index (χ1n) is 7.27. The molecular weight excluding hydrogens is 274 g/mol. The maximum absolute atomic E-state index is 11.3. The maximum atomic E-state index is 11.3. The zero-order valence-corrected chi connectivity index (χ0v) is 12.2. The molecule has 1 aliphatic rings. The van der Waals surface area contributed by atoms with Crippen molar-refractivity contribution in [1.82, 2.24) is 9.97 Å². The molecule has 1 fully saturated rings. The van der Waals surface area contributed by atoms with Crippen molar-refractivity contribution in [3.8, 4) is 0 Å². The Balaban J connectivity index is 2.07. The predicted octanol–water partition coefficient (Wildman–Crippen LogP) is 2.05. The van der Waals surface area contributed by atoms with E-state index in [-0.39, 0.29) is 17.3 Å². The molecule has 0 aromatic carbocycles. The quantitative estimate of drug-likeness (QED) is 0.586. The SMILES string of the molecule is CCCNc1ncnc(NCC2CCOCC2)c1[N+](=O)[O-]. The number of ether oxygens (including phenoxy) is 1. The fourth-order valence-corrected chi connectivity index (χ4v) is 2.25. The smallest absolute Gasteiger partial charge is 0.353 e. The number of nitro groups is 1. The second-order valence-electron chi connectivity index (χ2n) is 5.04. The van der Waals surface area contributed by atoms with Gasteiger partial charge < -0.3 is 15.4 Å². The molecule has 8 heteroatoms. The van der Waals surface area contributed by atoms with Gasteiger partial charge in [0.2, 0.25) is 11.6 Å². The van der Waals surface area contributed by atoms with E-state index in [1.165, 1.54) is 6.33 Å². The Bertz CT molecular complexity index is 477. The van der Waals surface area contributed by atoms with Crippen LogP contribution in [0.15, 0.2) is 6.33 Å². The van der Waals surface area contributed by atoms with Crippen molar-refractivity contribution >= 4 is 17.3 Å². The van der Waals surface area contributed by atoms with Crippen LogP contribution in [-0.2, 0) is 4.74 Å². The Kier molecular flexibility index (Phi) is 5.68. The van der Waals surface area contributed by atoms with Crippen LogP contribution in [0.5, 0.6) is 0 Å². The molecule has 1 aromatic heterocycles. The monoisotopic (exact) mass is 295 g/mol. The van der Waals surface area contributed by atoms with Gasteiger partial charge in [-0.15, -0.1) is 0 Å². The number of hydrogen-bond acceptors (Lipinski definition) is 7. The topological polar surface area (TPSA) is 102 Å². The van der Waals surface area contributed by atoms with E-state index in [4.69, 9.17) is 4.74 Å². The normalized spacial score (nSPS) is 15.7. The van der Waals surface area contributed by atoms with Gasteiger partial charge in [0.15, 0.2) is 0 Å². The van der Waals surface area contributed by atoms with Crippen LogP contribution in [0, 0.1) is 16.0 Å². The van der Waals surface area contributed by atoms with E-state index >= 15 is 0 Å².